The number of amides is 6. The van der Waals surface area contributed by atoms with Crippen LogP contribution in [-0.2, 0) is 40.0 Å². The molecule has 1 unspecified atom stereocenters. The number of carbonyl (C=O) groups excluding carboxylic acids is 6. The predicted octanol–water partition coefficient (Wildman–Crippen LogP) is 0.905. The largest absolute Gasteiger partial charge is 0.595 e. The lowest BCUT2D eigenvalue weighted by atomic mass is 9.93. The third-order valence-corrected chi connectivity index (χ3v) is 11.0. The summed E-state index contributed by atoms with van der Waals surface area (Å²) in [4.78, 5) is 94.0. The summed E-state index contributed by atoms with van der Waals surface area (Å²) in [6.07, 6.45) is 8.04. The van der Waals surface area contributed by atoms with Crippen molar-refractivity contribution in [3.05, 3.63) is 46.7 Å². The first-order valence-corrected chi connectivity index (χ1v) is 21.1. The number of rotatable bonds is 20. The quantitative estimate of drug-likeness (QED) is 0.0503. The molecular weight excluding hydrogens is 823 g/mol. The van der Waals surface area contributed by atoms with Gasteiger partial charge in [-0.3, -0.25) is 28.8 Å². The summed E-state index contributed by atoms with van der Waals surface area (Å²) in [5, 5.41) is 71.8. The van der Waals surface area contributed by atoms with E-state index in [9.17, 15) is 64.4 Å². The monoisotopic (exact) mass is 885 g/mol. The minimum absolute atomic E-state index is 0.0131. The molecule has 1 heterocycles. The van der Waals surface area contributed by atoms with Gasteiger partial charge in [0.25, 0.3) is 0 Å². The Bertz CT molecular complexity index is 1960. The van der Waals surface area contributed by atoms with E-state index in [1.165, 1.54) is 65.4 Å². The molecule has 2 aromatic carbocycles. The lowest BCUT2D eigenvalue weighted by Crippen LogP contribution is -2.99. The van der Waals surface area contributed by atoms with Gasteiger partial charge >= 0.3 is 5.97 Å². The molecule has 0 aliphatic carbocycles. The van der Waals surface area contributed by atoms with Gasteiger partial charge in [-0.1, -0.05) is 64.9 Å². The molecule has 0 radical (unpaired) electrons. The number of carbonyl (C=O) groups is 7. The van der Waals surface area contributed by atoms with E-state index in [4.69, 9.17) is 0 Å². The topological polar surface area (TPSA) is 303 Å². The Morgan fingerprint density at radius 2 is 1.51 bits per heavy atom. The van der Waals surface area contributed by atoms with E-state index >= 15 is 0 Å². The van der Waals surface area contributed by atoms with Crippen LogP contribution in [0.2, 0.25) is 0 Å². The average molecular weight is 886 g/mol. The highest BCUT2D eigenvalue weighted by Crippen LogP contribution is 2.41. The van der Waals surface area contributed by atoms with Crippen molar-refractivity contribution >= 4 is 47.1 Å². The zero-order valence-corrected chi connectivity index (χ0v) is 36.7. The molecule has 3 rings (SSSR count). The lowest BCUT2D eigenvalue weighted by molar-refractivity contribution is -0.991. The zero-order valence-electron chi connectivity index (χ0n) is 36.7. The summed E-state index contributed by atoms with van der Waals surface area (Å²) in [7, 11) is 2.60. The smallest absolute Gasteiger partial charge is 0.326 e. The third kappa shape index (κ3) is 14.6. The van der Waals surface area contributed by atoms with Crippen LogP contribution in [0, 0.1) is 11.1 Å². The molecule has 0 saturated heterocycles. The van der Waals surface area contributed by atoms with Gasteiger partial charge in [0, 0.05) is 44.1 Å². The fraction of sp³-hybridized carbons (Fsp3) is 0.558. The molecule has 6 amide bonds. The molecule has 0 spiro atoms. The number of hydrogen-bond acceptors (Lipinski definition) is 12. The second-order valence-corrected chi connectivity index (χ2v) is 16.4. The number of aliphatic carboxylic acids is 1. The summed E-state index contributed by atoms with van der Waals surface area (Å²) in [6, 6.07) is -1.24. The van der Waals surface area contributed by atoms with Gasteiger partial charge in [0.05, 0.1) is 13.2 Å². The standard InChI is InChI=1S/C43H63N7O13/c1-24(2)14-12-10-8-7-9-11-13-15-35(53)48(5)33(23-51)41(58)45-25(3)39(56)44-22-36(54)49(6)37-28-16-17-34(52)29(21-28)30-18-27(20-32(38(30)55)50(62)63)19-31(43(60)61)47-40(57)26(4)46-42(37)59/h16-18,20-21,24-26,31,33,37,50-52,55,62H,7-15,19,22-23H2,1-6H3,(H,44,56)(H,45,58)(H,46,59)(H,47,57)(H,60,61)/t25-,26+,31+,33-,37+/m1/s1. The van der Waals surface area contributed by atoms with Crippen molar-refractivity contribution in [3.8, 4) is 22.6 Å². The highest BCUT2D eigenvalue weighted by Gasteiger charge is 2.34. The number of aromatic hydroxyl groups is 2. The maximum absolute atomic E-state index is 13.9. The zero-order chi connectivity index (χ0) is 47.1. The molecule has 6 atom stereocenters. The molecule has 348 valence electrons. The summed E-state index contributed by atoms with van der Waals surface area (Å²) in [6.45, 7) is 5.58. The molecule has 0 aromatic heterocycles. The van der Waals surface area contributed by atoms with Crippen LogP contribution in [0.15, 0.2) is 30.3 Å². The number of nitrogens with one attached hydrogen (secondary N) is 5. The number of carboxylic acids is 1. The van der Waals surface area contributed by atoms with E-state index in [2.05, 4.69) is 35.1 Å². The van der Waals surface area contributed by atoms with Crippen LogP contribution in [0.4, 0.5) is 5.69 Å². The molecule has 10 N–H and O–H groups in total. The summed E-state index contributed by atoms with van der Waals surface area (Å²) in [5.74, 6) is -6.79. The second-order valence-electron chi connectivity index (χ2n) is 16.4. The van der Waals surface area contributed by atoms with E-state index in [1.54, 1.807) is 0 Å². The van der Waals surface area contributed by atoms with Gasteiger partial charge in [-0.15, -0.1) is 0 Å². The van der Waals surface area contributed by atoms with Gasteiger partial charge in [-0.25, -0.2) is 10.0 Å². The number of carboxylic acid groups (broad SMARTS) is 1. The number of phenols is 2. The van der Waals surface area contributed by atoms with Crippen LogP contribution < -0.4 is 26.5 Å². The highest BCUT2D eigenvalue weighted by atomic mass is 16.8. The van der Waals surface area contributed by atoms with Crippen LogP contribution in [0.25, 0.3) is 11.1 Å². The lowest BCUT2D eigenvalue weighted by Gasteiger charge is -2.30. The van der Waals surface area contributed by atoms with E-state index in [0.717, 1.165) is 47.6 Å². The minimum Gasteiger partial charge on any atom is -0.595 e. The summed E-state index contributed by atoms with van der Waals surface area (Å²) < 4.78 is 0. The first-order valence-electron chi connectivity index (χ1n) is 21.1. The Hall–Kier alpha value is -5.83. The normalized spacial score (nSPS) is 17.9. The van der Waals surface area contributed by atoms with E-state index in [1.807, 2.05) is 0 Å². The van der Waals surface area contributed by atoms with Crippen molar-refractivity contribution in [2.75, 3.05) is 27.2 Å². The molecule has 2 aromatic rings. The fourth-order valence-electron chi connectivity index (χ4n) is 7.16. The van der Waals surface area contributed by atoms with Gasteiger partial charge in [0.1, 0.15) is 36.0 Å². The predicted molar refractivity (Wildman–Crippen MR) is 228 cm³/mol. The molecule has 1 aliphatic rings. The highest BCUT2D eigenvalue weighted by molar-refractivity contribution is 5.96. The van der Waals surface area contributed by atoms with Crippen molar-refractivity contribution in [3.63, 3.8) is 0 Å². The number of aliphatic hydroxyl groups is 1. The van der Waals surface area contributed by atoms with Crippen molar-refractivity contribution in [2.45, 2.75) is 122 Å². The fourth-order valence-corrected chi connectivity index (χ4v) is 7.16. The van der Waals surface area contributed by atoms with Crippen LogP contribution in [-0.4, -0.2) is 128 Å². The van der Waals surface area contributed by atoms with E-state index in [-0.39, 0.29) is 34.6 Å². The maximum atomic E-state index is 13.9. The SMILES string of the molecule is CC(C)CCCCCCCCCC(=O)N(C)[C@H](CO)C(=O)N[C@H](C)C(=O)NCC(=O)N(C)[C@@H]1C(=O)N[C@@H](C)C(=O)N[C@H](C(=O)O)Cc2cc(c(O)c([NH+]([O-])O)c2)-c2cc1ccc2O. The molecule has 63 heavy (non-hydrogen) atoms. The van der Waals surface area contributed by atoms with Gasteiger partial charge < -0.3 is 56.7 Å². The minimum atomic E-state index is -1.62. The van der Waals surface area contributed by atoms with E-state index in [0.29, 0.717) is 12.3 Å². The van der Waals surface area contributed by atoms with E-state index < -0.39 is 108 Å². The number of benzene rings is 2. The first-order chi connectivity index (χ1) is 29.7. The number of phenolic OH excluding ortho intramolecular Hbond substituents is 2. The Morgan fingerprint density at radius 1 is 0.873 bits per heavy atom. The molecule has 20 nitrogen and oxygen atoms in total. The second kappa shape index (κ2) is 24.1. The number of aliphatic hydroxyl groups excluding tert-OH is 1. The summed E-state index contributed by atoms with van der Waals surface area (Å²) >= 11 is 0. The van der Waals surface area contributed by atoms with Crippen molar-refractivity contribution < 1.29 is 64.4 Å². The number of likely N-dealkylation sites (N-methyl/N-ethyl adjacent to an activating group) is 2. The van der Waals surface area contributed by atoms with Crippen LogP contribution >= 0.6 is 0 Å². The first kappa shape index (κ1) is 51.5. The van der Waals surface area contributed by atoms with Gasteiger partial charge in [0.15, 0.2) is 5.75 Å². The van der Waals surface area contributed by atoms with Crippen molar-refractivity contribution in [2.24, 2.45) is 5.92 Å². The van der Waals surface area contributed by atoms with Crippen molar-refractivity contribution in [1.82, 2.24) is 31.1 Å². The van der Waals surface area contributed by atoms with Crippen LogP contribution in [0.3, 0.4) is 0 Å². The number of hydrogen-bond donors (Lipinski definition) is 10. The molecule has 4 bridgehead atoms. The Balaban J connectivity index is 1.74. The molecule has 20 heteroatoms. The Kier molecular flexibility index (Phi) is 19.7. The Labute approximate surface area is 366 Å². The van der Waals surface area contributed by atoms with Gasteiger partial charge in [-0.05, 0) is 55.5 Å². The third-order valence-electron chi connectivity index (χ3n) is 11.0. The number of unbranched alkanes of at least 4 members (excludes halogenated alkanes) is 6. The molecule has 0 fully saturated rings. The average Bonchev–Trinajstić information content (AvgIpc) is 3.22. The molecule has 1 aliphatic heterocycles. The van der Waals surface area contributed by atoms with Crippen LogP contribution in [0.1, 0.15) is 103 Å². The number of nitrogens with zero attached hydrogens (tertiary/aromatic N) is 2. The van der Waals surface area contributed by atoms with Crippen molar-refractivity contribution in [1.29, 1.82) is 0 Å². The molecular formula is C43H63N7O13. The Morgan fingerprint density at radius 3 is 2.11 bits per heavy atom. The maximum Gasteiger partial charge on any atom is 0.326 e. The summed E-state index contributed by atoms with van der Waals surface area (Å²) in [5.41, 5.74) is -1.01. The number of quaternary nitrogens is 1. The van der Waals surface area contributed by atoms with Gasteiger partial charge in [0.2, 0.25) is 41.1 Å². The molecule has 0 saturated carbocycles. The number of fused-ring (bicyclic) bond motifs is 5. The van der Waals surface area contributed by atoms with Gasteiger partial charge in [-0.2, -0.15) is 5.23 Å². The van der Waals surface area contributed by atoms with Crippen LogP contribution in [0.5, 0.6) is 11.5 Å².